The molecule has 0 radical (unpaired) electrons. The summed E-state index contributed by atoms with van der Waals surface area (Å²) in [5.41, 5.74) is 0.308. The van der Waals surface area contributed by atoms with Crippen LogP contribution in [0.3, 0.4) is 0 Å². The number of rotatable bonds is 5. The first-order valence-corrected chi connectivity index (χ1v) is 9.34. The number of nitrogens with zero attached hydrogens (tertiary/aromatic N) is 1. The van der Waals surface area contributed by atoms with Gasteiger partial charge in [0.25, 0.3) is 5.91 Å². The quantitative estimate of drug-likeness (QED) is 0.816. The molecule has 1 fully saturated rings. The van der Waals surface area contributed by atoms with Crippen molar-refractivity contribution in [3.8, 4) is 5.75 Å². The largest absolute Gasteiger partial charge is 0.495 e. The van der Waals surface area contributed by atoms with Crippen LogP contribution in [0.1, 0.15) is 30.1 Å². The molecule has 0 aliphatic carbocycles. The van der Waals surface area contributed by atoms with Crippen LogP contribution in [0.2, 0.25) is 0 Å². The minimum absolute atomic E-state index is 0.0127. The molecule has 1 heterocycles. The molecule has 1 aliphatic rings. The fourth-order valence-corrected chi connectivity index (χ4v) is 3.82. The van der Waals surface area contributed by atoms with Crippen LogP contribution in [0.25, 0.3) is 0 Å². The maximum atomic E-state index is 12.5. The Morgan fingerprint density at radius 2 is 2.08 bits per heavy atom. The summed E-state index contributed by atoms with van der Waals surface area (Å²) in [6.07, 6.45) is 1.71. The van der Waals surface area contributed by atoms with Gasteiger partial charge in [-0.15, -0.1) is 0 Å². The lowest BCUT2D eigenvalue weighted by atomic mass is 10.0. The second-order valence-electron chi connectivity index (χ2n) is 6.20. The van der Waals surface area contributed by atoms with E-state index in [-0.39, 0.29) is 22.6 Å². The minimum Gasteiger partial charge on any atom is -0.495 e. The molecule has 2 rings (SSSR count). The molecule has 1 saturated heterocycles. The Balaban J connectivity index is 2.26. The van der Waals surface area contributed by atoms with Gasteiger partial charge in [-0.25, -0.2) is 12.7 Å². The number of amides is 1. The van der Waals surface area contributed by atoms with Crippen molar-refractivity contribution in [2.45, 2.75) is 36.7 Å². The molecule has 1 aromatic carbocycles. The Labute approximate surface area is 143 Å². The predicted molar refractivity (Wildman–Crippen MR) is 91.8 cm³/mol. The summed E-state index contributed by atoms with van der Waals surface area (Å²) < 4.78 is 31.1. The average Bonchev–Trinajstić information content (AvgIpc) is 2.54. The second kappa shape index (κ2) is 7.50. The zero-order valence-corrected chi connectivity index (χ0v) is 15.3. The summed E-state index contributed by atoms with van der Waals surface area (Å²) in [6, 6.07) is 4.90. The minimum atomic E-state index is -3.70. The van der Waals surface area contributed by atoms with Gasteiger partial charge in [-0.05, 0) is 44.5 Å². The number of benzene rings is 1. The average molecular weight is 355 g/mol. The highest BCUT2D eigenvalue weighted by Crippen LogP contribution is 2.27. The Hall–Kier alpha value is -1.64. The van der Waals surface area contributed by atoms with Crippen LogP contribution in [0, 0.1) is 0 Å². The van der Waals surface area contributed by atoms with Crippen molar-refractivity contribution in [2.75, 3.05) is 27.7 Å². The van der Waals surface area contributed by atoms with Gasteiger partial charge in [0.2, 0.25) is 10.0 Å². The van der Waals surface area contributed by atoms with E-state index in [2.05, 4.69) is 17.6 Å². The lowest BCUT2D eigenvalue weighted by Gasteiger charge is -2.28. The standard InChI is InChI=1S/C16H25N3O4S/c1-11-9-13(7-8-17-11)18-16(20)12-5-6-14(23-4)15(10-12)24(21,22)19(2)3/h5-6,10-11,13,17H,7-9H2,1-4H3,(H,18,20). The summed E-state index contributed by atoms with van der Waals surface area (Å²) >= 11 is 0. The number of piperidine rings is 1. The second-order valence-corrected chi connectivity index (χ2v) is 8.32. The van der Waals surface area contributed by atoms with Gasteiger partial charge >= 0.3 is 0 Å². The van der Waals surface area contributed by atoms with Crippen LogP contribution in [0.4, 0.5) is 0 Å². The maximum absolute atomic E-state index is 12.5. The van der Waals surface area contributed by atoms with Gasteiger partial charge in [-0.2, -0.15) is 0 Å². The summed E-state index contributed by atoms with van der Waals surface area (Å²) in [7, 11) is 0.589. The summed E-state index contributed by atoms with van der Waals surface area (Å²) in [5, 5.41) is 6.31. The number of methoxy groups -OCH3 is 1. The van der Waals surface area contributed by atoms with Crippen molar-refractivity contribution in [2.24, 2.45) is 0 Å². The zero-order chi connectivity index (χ0) is 17.9. The third kappa shape index (κ3) is 4.06. The van der Waals surface area contributed by atoms with Crippen molar-refractivity contribution >= 4 is 15.9 Å². The van der Waals surface area contributed by atoms with E-state index >= 15 is 0 Å². The molecule has 8 heteroatoms. The molecule has 1 aromatic rings. The molecule has 1 amide bonds. The van der Waals surface area contributed by atoms with Crippen LogP contribution < -0.4 is 15.4 Å². The predicted octanol–water partition coefficient (Wildman–Crippen LogP) is 0.816. The van der Waals surface area contributed by atoms with Gasteiger partial charge in [0.15, 0.2) is 0 Å². The van der Waals surface area contributed by atoms with Crippen molar-refractivity contribution in [1.29, 1.82) is 0 Å². The van der Waals surface area contributed by atoms with Crippen LogP contribution >= 0.6 is 0 Å². The zero-order valence-electron chi connectivity index (χ0n) is 14.5. The normalized spacial score (nSPS) is 21.5. The fourth-order valence-electron chi connectivity index (χ4n) is 2.75. The van der Waals surface area contributed by atoms with Crippen LogP contribution in [0.5, 0.6) is 5.75 Å². The first-order valence-electron chi connectivity index (χ1n) is 7.90. The molecule has 2 atom stereocenters. The van der Waals surface area contributed by atoms with Crippen LogP contribution in [-0.4, -0.2) is 58.5 Å². The molecule has 0 spiro atoms. The van der Waals surface area contributed by atoms with E-state index in [0.29, 0.717) is 11.6 Å². The van der Waals surface area contributed by atoms with Gasteiger partial charge in [-0.3, -0.25) is 4.79 Å². The molecular weight excluding hydrogens is 330 g/mol. The lowest BCUT2D eigenvalue weighted by molar-refractivity contribution is 0.0925. The molecule has 0 aromatic heterocycles. The van der Waals surface area contributed by atoms with Crippen LogP contribution in [-0.2, 0) is 10.0 Å². The Morgan fingerprint density at radius 1 is 1.38 bits per heavy atom. The SMILES string of the molecule is COc1ccc(C(=O)NC2CCNC(C)C2)cc1S(=O)(=O)N(C)C. The molecule has 1 aliphatic heterocycles. The maximum Gasteiger partial charge on any atom is 0.251 e. The number of hydrogen-bond donors (Lipinski definition) is 2. The highest BCUT2D eigenvalue weighted by molar-refractivity contribution is 7.89. The summed E-state index contributed by atoms with van der Waals surface area (Å²) in [5.74, 6) is -0.0531. The number of carbonyl (C=O) groups excluding carboxylic acids is 1. The van der Waals surface area contributed by atoms with E-state index in [9.17, 15) is 13.2 Å². The smallest absolute Gasteiger partial charge is 0.251 e. The fraction of sp³-hybridized carbons (Fsp3) is 0.562. The Kier molecular flexibility index (Phi) is 5.84. The summed E-state index contributed by atoms with van der Waals surface area (Å²) in [6.45, 7) is 2.93. The number of hydrogen-bond acceptors (Lipinski definition) is 5. The highest BCUT2D eigenvalue weighted by Gasteiger charge is 2.25. The third-order valence-electron chi connectivity index (χ3n) is 4.14. The molecule has 0 bridgehead atoms. The van der Waals surface area contributed by atoms with Gasteiger partial charge in [0, 0.05) is 31.7 Å². The molecule has 24 heavy (non-hydrogen) atoms. The molecule has 134 valence electrons. The van der Waals surface area contributed by atoms with Gasteiger partial charge in [-0.1, -0.05) is 0 Å². The first-order chi connectivity index (χ1) is 11.3. The van der Waals surface area contributed by atoms with Crippen molar-refractivity contribution < 1.29 is 17.9 Å². The molecule has 2 unspecified atom stereocenters. The van der Waals surface area contributed by atoms with E-state index in [4.69, 9.17) is 4.74 Å². The van der Waals surface area contributed by atoms with E-state index in [1.165, 1.54) is 33.3 Å². The number of nitrogens with one attached hydrogen (secondary N) is 2. The van der Waals surface area contributed by atoms with E-state index in [1.807, 2.05) is 0 Å². The molecule has 7 nitrogen and oxygen atoms in total. The van der Waals surface area contributed by atoms with Gasteiger partial charge < -0.3 is 15.4 Å². The van der Waals surface area contributed by atoms with Gasteiger partial charge in [0.1, 0.15) is 10.6 Å². The van der Waals surface area contributed by atoms with Crippen molar-refractivity contribution in [3.63, 3.8) is 0 Å². The molecular formula is C16H25N3O4S. The molecule has 2 N–H and O–H groups in total. The topological polar surface area (TPSA) is 87.7 Å². The van der Waals surface area contributed by atoms with Crippen molar-refractivity contribution in [3.05, 3.63) is 23.8 Å². The molecule has 0 saturated carbocycles. The van der Waals surface area contributed by atoms with Gasteiger partial charge in [0.05, 0.1) is 7.11 Å². The Bertz CT molecular complexity index is 703. The van der Waals surface area contributed by atoms with E-state index in [0.717, 1.165) is 23.7 Å². The monoisotopic (exact) mass is 355 g/mol. The van der Waals surface area contributed by atoms with E-state index in [1.54, 1.807) is 6.07 Å². The Morgan fingerprint density at radius 3 is 2.67 bits per heavy atom. The summed E-state index contributed by atoms with van der Waals surface area (Å²) in [4.78, 5) is 12.5. The number of sulfonamides is 1. The number of carbonyl (C=O) groups is 1. The first kappa shape index (κ1) is 18.7. The lowest BCUT2D eigenvalue weighted by Crippen LogP contribution is -2.46. The van der Waals surface area contributed by atoms with E-state index < -0.39 is 10.0 Å². The van der Waals surface area contributed by atoms with Crippen LogP contribution in [0.15, 0.2) is 23.1 Å². The highest BCUT2D eigenvalue weighted by atomic mass is 32.2. The van der Waals surface area contributed by atoms with Crippen molar-refractivity contribution in [1.82, 2.24) is 14.9 Å². The number of ether oxygens (including phenoxy) is 1. The third-order valence-corrected chi connectivity index (χ3v) is 5.98.